The number of amides is 1. The molecule has 5 rings (SSSR count). The molecule has 4 aromatic rings. The van der Waals surface area contributed by atoms with Gasteiger partial charge in [0.15, 0.2) is 5.82 Å². The van der Waals surface area contributed by atoms with Crippen molar-refractivity contribution < 1.29 is 19.0 Å². The molecule has 0 radical (unpaired) electrons. The molecule has 9 nitrogen and oxygen atoms in total. The zero-order valence-corrected chi connectivity index (χ0v) is 25.6. The van der Waals surface area contributed by atoms with Crippen molar-refractivity contribution in [3.63, 3.8) is 0 Å². The molecule has 0 aliphatic heterocycles. The van der Waals surface area contributed by atoms with Gasteiger partial charge in [0.05, 0.1) is 0 Å². The van der Waals surface area contributed by atoms with Gasteiger partial charge in [-0.15, -0.1) is 10.2 Å². The molecular formula is C32H39N5O4Si. The highest BCUT2D eigenvalue weighted by Crippen LogP contribution is 2.35. The van der Waals surface area contributed by atoms with Crippen LogP contribution in [0.15, 0.2) is 73.3 Å². The molecule has 1 aliphatic carbocycles. The van der Waals surface area contributed by atoms with Gasteiger partial charge in [-0.1, -0.05) is 62.8 Å². The Labute approximate surface area is 248 Å². The minimum absolute atomic E-state index is 0.170. The molecule has 10 heteroatoms. The van der Waals surface area contributed by atoms with Gasteiger partial charge in [-0.05, 0) is 48.7 Å². The number of rotatable bonds is 12. The van der Waals surface area contributed by atoms with Crippen LogP contribution in [0.5, 0.6) is 11.5 Å². The SMILES string of the molecule is C[Si](C)(C)CCOCn1cnnc1-c1cncc(-c2cc(OC(=O)NC3CCCC3)ccc2OCc2ccccc2)c1. The van der Waals surface area contributed by atoms with Gasteiger partial charge in [-0.2, -0.15) is 0 Å². The molecule has 2 heterocycles. The van der Waals surface area contributed by atoms with Crippen molar-refractivity contribution in [2.45, 2.75) is 70.7 Å². The quantitative estimate of drug-likeness (QED) is 0.142. The molecule has 2 aromatic heterocycles. The third-order valence-electron chi connectivity index (χ3n) is 7.23. The summed E-state index contributed by atoms with van der Waals surface area (Å²) in [5.41, 5.74) is 3.39. The maximum Gasteiger partial charge on any atom is 0.412 e. The lowest BCUT2D eigenvalue weighted by molar-refractivity contribution is 0.0880. The second kappa shape index (κ2) is 13.8. The van der Waals surface area contributed by atoms with Gasteiger partial charge in [-0.25, -0.2) is 4.79 Å². The smallest absolute Gasteiger partial charge is 0.412 e. The molecule has 0 saturated heterocycles. The number of nitrogens with one attached hydrogen (secondary N) is 1. The molecular weight excluding hydrogens is 546 g/mol. The first-order valence-corrected chi connectivity index (χ1v) is 18.3. The van der Waals surface area contributed by atoms with Crippen LogP contribution in [-0.2, 0) is 18.1 Å². The van der Waals surface area contributed by atoms with E-state index in [1.165, 1.54) is 0 Å². The molecule has 0 atom stereocenters. The lowest BCUT2D eigenvalue weighted by Crippen LogP contribution is -2.34. The molecule has 1 aliphatic rings. The predicted octanol–water partition coefficient (Wildman–Crippen LogP) is 6.93. The van der Waals surface area contributed by atoms with Gasteiger partial charge in [0.2, 0.25) is 0 Å². The summed E-state index contributed by atoms with van der Waals surface area (Å²) in [6.07, 6.45) is 8.97. The molecule has 1 amide bonds. The molecule has 0 bridgehead atoms. The highest BCUT2D eigenvalue weighted by molar-refractivity contribution is 6.76. The summed E-state index contributed by atoms with van der Waals surface area (Å²) in [7, 11) is -1.18. The number of aromatic nitrogens is 4. The lowest BCUT2D eigenvalue weighted by atomic mass is 10.0. The van der Waals surface area contributed by atoms with E-state index >= 15 is 0 Å². The Morgan fingerprint density at radius 2 is 1.81 bits per heavy atom. The third-order valence-corrected chi connectivity index (χ3v) is 8.93. The zero-order valence-electron chi connectivity index (χ0n) is 24.6. The van der Waals surface area contributed by atoms with E-state index in [1.54, 1.807) is 24.8 Å². The summed E-state index contributed by atoms with van der Waals surface area (Å²) in [6.45, 7) is 8.45. The Bertz CT molecular complexity index is 1470. The van der Waals surface area contributed by atoms with Gasteiger partial charge in [0.25, 0.3) is 0 Å². The maximum absolute atomic E-state index is 12.6. The zero-order chi connectivity index (χ0) is 29.4. The second-order valence-electron chi connectivity index (χ2n) is 11.9. The summed E-state index contributed by atoms with van der Waals surface area (Å²) < 4.78 is 19.8. The summed E-state index contributed by atoms with van der Waals surface area (Å²) >= 11 is 0. The van der Waals surface area contributed by atoms with Crippen molar-refractivity contribution in [2.24, 2.45) is 0 Å². The Kier molecular flexibility index (Phi) is 9.65. The number of pyridine rings is 1. The number of ether oxygens (including phenoxy) is 3. The number of benzene rings is 2. The lowest BCUT2D eigenvalue weighted by Gasteiger charge is -2.16. The topological polar surface area (TPSA) is 100 Å². The van der Waals surface area contributed by atoms with Crippen molar-refractivity contribution in [3.8, 4) is 34.0 Å². The number of hydrogen-bond donors (Lipinski definition) is 1. The van der Waals surface area contributed by atoms with Crippen LogP contribution in [0, 0.1) is 0 Å². The van der Waals surface area contributed by atoms with Crippen LogP contribution in [0.2, 0.25) is 25.7 Å². The minimum atomic E-state index is -1.18. The Hall–Kier alpha value is -4.02. The Balaban J connectivity index is 1.38. The second-order valence-corrected chi connectivity index (χ2v) is 17.5. The molecule has 2 aromatic carbocycles. The average Bonchev–Trinajstić information content (AvgIpc) is 3.67. The van der Waals surface area contributed by atoms with Crippen LogP contribution in [-0.4, -0.2) is 46.6 Å². The fourth-order valence-electron chi connectivity index (χ4n) is 4.86. The molecule has 42 heavy (non-hydrogen) atoms. The molecule has 1 N–H and O–H groups in total. The van der Waals surface area contributed by atoms with E-state index in [0.29, 0.717) is 37.3 Å². The first-order chi connectivity index (χ1) is 20.3. The Morgan fingerprint density at radius 3 is 2.60 bits per heavy atom. The number of carbonyl (C=O) groups excluding carboxylic acids is 1. The normalized spacial score (nSPS) is 13.7. The van der Waals surface area contributed by atoms with Crippen molar-refractivity contribution in [1.29, 1.82) is 0 Å². The summed E-state index contributed by atoms with van der Waals surface area (Å²) in [5.74, 6) is 1.74. The minimum Gasteiger partial charge on any atom is -0.488 e. The van der Waals surface area contributed by atoms with Crippen LogP contribution in [0.25, 0.3) is 22.5 Å². The van der Waals surface area contributed by atoms with E-state index in [-0.39, 0.29) is 6.04 Å². The maximum atomic E-state index is 12.6. The molecule has 1 fully saturated rings. The number of nitrogens with zero attached hydrogens (tertiary/aromatic N) is 4. The number of carbonyl (C=O) groups is 1. The van der Waals surface area contributed by atoms with E-state index < -0.39 is 14.2 Å². The fourth-order valence-corrected chi connectivity index (χ4v) is 5.61. The molecule has 220 valence electrons. The van der Waals surface area contributed by atoms with Crippen molar-refractivity contribution in [1.82, 2.24) is 25.1 Å². The first-order valence-electron chi connectivity index (χ1n) is 14.5. The molecule has 1 saturated carbocycles. The standard InChI is InChI=1S/C32H39N5O4Si/c1-42(2,3)16-15-39-23-37-22-34-36-31(37)26-17-25(19-33-20-26)29-18-28(41-32(38)35-27-11-7-8-12-27)13-14-30(29)40-21-24-9-5-4-6-10-24/h4-6,9-10,13-14,17-20,22,27H,7-8,11-12,15-16,21,23H2,1-3H3,(H,35,38). The van der Waals surface area contributed by atoms with Gasteiger partial charge in [-0.3, -0.25) is 9.55 Å². The summed E-state index contributed by atoms with van der Waals surface area (Å²) in [5, 5.41) is 11.4. The van der Waals surface area contributed by atoms with E-state index in [0.717, 1.165) is 54.0 Å². The monoisotopic (exact) mass is 585 g/mol. The van der Waals surface area contributed by atoms with Crippen molar-refractivity contribution >= 4 is 14.2 Å². The van der Waals surface area contributed by atoms with E-state index in [2.05, 4.69) is 40.1 Å². The van der Waals surface area contributed by atoms with E-state index in [4.69, 9.17) is 14.2 Å². The van der Waals surface area contributed by atoms with Gasteiger partial charge in [0, 0.05) is 49.8 Å². The molecule has 0 unspecified atom stereocenters. The highest BCUT2D eigenvalue weighted by atomic mass is 28.3. The largest absolute Gasteiger partial charge is 0.488 e. The van der Waals surface area contributed by atoms with Crippen LogP contribution in [0.1, 0.15) is 31.2 Å². The fraction of sp³-hybridized carbons (Fsp3) is 0.375. The summed E-state index contributed by atoms with van der Waals surface area (Å²) in [4.78, 5) is 17.1. The molecule has 0 spiro atoms. The van der Waals surface area contributed by atoms with Crippen molar-refractivity contribution in [2.75, 3.05) is 6.61 Å². The van der Waals surface area contributed by atoms with E-state index in [1.807, 2.05) is 53.1 Å². The number of hydrogen-bond acceptors (Lipinski definition) is 7. The Morgan fingerprint density at radius 1 is 1.02 bits per heavy atom. The highest BCUT2D eigenvalue weighted by Gasteiger charge is 2.19. The average molecular weight is 586 g/mol. The van der Waals surface area contributed by atoms with Crippen LogP contribution in [0.4, 0.5) is 4.79 Å². The predicted molar refractivity (Wildman–Crippen MR) is 165 cm³/mol. The van der Waals surface area contributed by atoms with Gasteiger partial charge < -0.3 is 19.5 Å². The summed E-state index contributed by atoms with van der Waals surface area (Å²) in [6, 6.07) is 18.6. The van der Waals surface area contributed by atoms with Gasteiger partial charge in [0.1, 0.15) is 31.2 Å². The van der Waals surface area contributed by atoms with Crippen LogP contribution >= 0.6 is 0 Å². The van der Waals surface area contributed by atoms with Crippen LogP contribution in [0.3, 0.4) is 0 Å². The van der Waals surface area contributed by atoms with Crippen LogP contribution < -0.4 is 14.8 Å². The third kappa shape index (κ3) is 8.26. The van der Waals surface area contributed by atoms with E-state index in [9.17, 15) is 4.79 Å². The first kappa shape index (κ1) is 29.5. The van der Waals surface area contributed by atoms with Gasteiger partial charge >= 0.3 is 6.09 Å². The van der Waals surface area contributed by atoms with Crippen molar-refractivity contribution in [3.05, 3.63) is 78.9 Å².